The maximum Gasteiger partial charge on any atom is 0.315 e. The normalized spacial score (nSPS) is 15.6. The van der Waals surface area contributed by atoms with Gasteiger partial charge in [0, 0.05) is 23.0 Å². The lowest BCUT2D eigenvalue weighted by atomic mass is 10.0. The highest BCUT2D eigenvalue weighted by Gasteiger charge is 2.23. The fourth-order valence-corrected chi connectivity index (χ4v) is 3.19. The van der Waals surface area contributed by atoms with Gasteiger partial charge in [0.05, 0.1) is 12.6 Å². The minimum atomic E-state index is -2.53. The summed E-state index contributed by atoms with van der Waals surface area (Å²) in [5.74, 6) is 1.11. The van der Waals surface area contributed by atoms with Gasteiger partial charge in [-0.15, -0.1) is 0 Å². The summed E-state index contributed by atoms with van der Waals surface area (Å²) in [6.45, 7) is 0.130. The average Bonchev–Trinajstić information content (AvgIpc) is 2.65. The highest BCUT2D eigenvalue weighted by molar-refractivity contribution is 9.10. The molecule has 2 N–H and O–H groups in total. The highest BCUT2D eigenvalue weighted by Crippen LogP contribution is 2.34. The molecule has 1 atom stereocenters. The number of ether oxygens (including phenoxy) is 2. The van der Waals surface area contributed by atoms with Crippen LogP contribution < -0.4 is 20.1 Å². The fourth-order valence-electron chi connectivity index (χ4n) is 2.81. The van der Waals surface area contributed by atoms with Gasteiger partial charge in [-0.05, 0) is 35.9 Å². The first-order valence-corrected chi connectivity index (χ1v) is 9.27. The molecule has 0 fully saturated rings. The van der Waals surface area contributed by atoms with Crippen molar-refractivity contribution < 1.29 is 23.0 Å². The Kier molecular flexibility index (Phi) is 6.49. The largest absolute Gasteiger partial charge is 0.493 e. The maximum absolute atomic E-state index is 12.3. The zero-order chi connectivity index (χ0) is 19.2. The van der Waals surface area contributed by atoms with E-state index in [0.29, 0.717) is 18.8 Å². The van der Waals surface area contributed by atoms with Crippen molar-refractivity contribution in [2.75, 3.05) is 13.2 Å². The van der Waals surface area contributed by atoms with Crippen LogP contribution in [-0.2, 0) is 6.54 Å². The van der Waals surface area contributed by atoms with Crippen LogP contribution in [0, 0.1) is 0 Å². The van der Waals surface area contributed by atoms with E-state index in [1.54, 1.807) is 24.3 Å². The number of nitrogens with one attached hydrogen (secondary N) is 2. The van der Waals surface area contributed by atoms with Gasteiger partial charge in [-0.1, -0.05) is 28.1 Å². The van der Waals surface area contributed by atoms with Crippen LogP contribution in [0.25, 0.3) is 0 Å². The van der Waals surface area contributed by atoms with Gasteiger partial charge in [0.1, 0.15) is 18.1 Å². The van der Waals surface area contributed by atoms with E-state index < -0.39 is 13.0 Å². The fraction of sp³-hybridized carbons (Fsp3) is 0.316. The topological polar surface area (TPSA) is 59.6 Å². The summed E-state index contributed by atoms with van der Waals surface area (Å²) in [5, 5.41) is 5.72. The van der Waals surface area contributed by atoms with Gasteiger partial charge < -0.3 is 20.1 Å². The number of urea groups is 1. The lowest BCUT2D eigenvalue weighted by molar-refractivity contribution is 0.0818. The molecule has 0 aliphatic carbocycles. The third kappa shape index (κ3) is 5.56. The summed E-state index contributed by atoms with van der Waals surface area (Å²) in [5.41, 5.74) is 1.68. The Morgan fingerprint density at radius 1 is 1.30 bits per heavy atom. The van der Waals surface area contributed by atoms with Crippen molar-refractivity contribution in [2.24, 2.45) is 0 Å². The summed E-state index contributed by atoms with van der Waals surface area (Å²) in [7, 11) is 0. The van der Waals surface area contributed by atoms with Gasteiger partial charge >= 0.3 is 6.03 Å². The molecule has 2 amide bonds. The van der Waals surface area contributed by atoms with E-state index in [2.05, 4.69) is 26.6 Å². The number of carbonyl (C=O) groups is 1. The van der Waals surface area contributed by atoms with Crippen LogP contribution in [0.1, 0.15) is 23.6 Å². The molecule has 0 radical (unpaired) electrons. The summed E-state index contributed by atoms with van der Waals surface area (Å²) >= 11 is 3.43. The first-order valence-electron chi connectivity index (χ1n) is 8.48. The van der Waals surface area contributed by atoms with Crippen LogP contribution in [0.2, 0.25) is 0 Å². The molecule has 1 aliphatic rings. The van der Waals surface area contributed by atoms with E-state index in [9.17, 15) is 13.6 Å². The van der Waals surface area contributed by atoms with Crippen LogP contribution in [0.4, 0.5) is 13.6 Å². The van der Waals surface area contributed by atoms with Gasteiger partial charge in [0.25, 0.3) is 6.43 Å². The molecule has 5 nitrogen and oxygen atoms in total. The van der Waals surface area contributed by atoms with Crippen molar-refractivity contribution in [1.29, 1.82) is 0 Å². The Balaban J connectivity index is 1.55. The second-order valence-corrected chi connectivity index (χ2v) is 6.96. The highest BCUT2D eigenvalue weighted by atomic mass is 79.9. The molecule has 0 bridgehead atoms. The predicted molar refractivity (Wildman–Crippen MR) is 100 cm³/mol. The van der Waals surface area contributed by atoms with E-state index in [-0.39, 0.29) is 18.6 Å². The van der Waals surface area contributed by atoms with Gasteiger partial charge in [0.2, 0.25) is 0 Å². The lowest BCUT2D eigenvalue weighted by Crippen LogP contribution is -2.39. The van der Waals surface area contributed by atoms with Gasteiger partial charge in [-0.3, -0.25) is 0 Å². The molecule has 1 heterocycles. The molecule has 0 aromatic heterocycles. The first kappa shape index (κ1) is 19.4. The second kappa shape index (κ2) is 9.03. The maximum atomic E-state index is 12.3. The standard InChI is InChI=1S/C19H19BrF2N2O3/c20-13-4-5-17-15(9-13)16(6-7-26-17)24-19(25)23-10-12-2-1-3-14(8-12)27-11-18(21)22/h1-5,8-9,16,18H,6-7,10-11H2,(H2,23,24,25). The monoisotopic (exact) mass is 440 g/mol. The number of benzene rings is 2. The SMILES string of the molecule is O=C(NCc1cccc(OCC(F)F)c1)NC1CCOc2ccc(Br)cc21. The van der Waals surface area contributed by atoms with E-state index in [0.717, 1.165) is 21.3 Å². The van der Waals surface area contributed by atoms with E-state index in [4.69, 9.17) is 9.47 Å². The first-order chi connectivity index (χ1) is 13.0. The van der Waals surface area contributed by atoms with E-state index in [1.165, 1.54) is 0 Å². The second-order valence-electron chi connectivity index (χ2n) is 6.05. The van der Waals surface area contributed by atoms with Gasteiger partial charge in [-0.25, -0.2) is 13.6 Å². The third-order valence-electron chi connectivity index (χ3n) is 4.04. The Labute approximate surface area is 164 Å². The van der Waals surface area contributed by atoms with Crippen LogP contribution in [-0.4, -0.2) is 25.7 Å². The minimum absolute atomic E-state index is 0.146. The van der Waals surface area contributed by atoms with Crippen molar-refractivity contribution in [2.45, 2.75) is 25.4 Å². The van der Waals surface area contributed by atoms with Crippen molar-refractivity contribution in [1.82, 2.24) is 10.6 Å². The number of fused-ring (bicyclic) bond motifs is 1. The molecule has 0 saturated heterocycles. The number of hydrogen-bond acceptors (Lipinski definition) is 3. The Bertz CT molecular complexity index is 804. The molecular weight excluding hydrogens is 422 g/mol. The molecule has 2 aromatic rings. The van der Waals surface area contributed by atoms with Gasteiger partial charge in [-0.2, -0.15) is 0 Å². The third-order valence-corrected chi connectivity index (χ3v) is 4.54. The van der Waals surface area contributed by atoms with Crippen LogP contribution in [0.3, 0.4) is 0 Å². The summed E-state index contributed by atoms with van der Waals surface area (Å²) < 4.78 is 36.0. The molecule has 8 heteroatoms. The Hall–Kier alpha value is -2.35. The number of hydrogen-bond donors (Lipinski definition) is 2. The van der Waals surface area contributed by atoms with Crippen LogP contribution in [0.15, 0.2) is 46.9 Å². The molecule has 1 unspecified atom stereocenters. The zero-order valence-corrected chi connectivity index (χ0v) is 16.0. The molecule has 1 aliphatic heterocycles. The molecule has 0 spiro atoms. The molecule has 144 valence electrons. The van der Waals surface area contributed by atoms with Crippen molar-refractivity contribution >= 4 is 22.0 Å². The van der Waals surface area contributed by atoms with Crippen molar-refractivity contribution in [3.8, 4) is 11.5 Å². The quantitative estimate of drug-likeness (QED) is 0.698. The molecule has 2 aromatic carbocycles. The smallest absolute Gasteiger partial charge is 0.315 e. The lowest BCUT2D eigenvalue weighted by Gasteiger charge is -2.27. The minimum Gasteiger partial charge on any atom is -0.493 e. The Morgan fingerprint density at radius 3 is 2.96 bits per heavy atom. The van der Waals surface area contributed by atoms with E-state index >= 15 is 0 Å². The van der Waals surface area contributed by atoms with Crippen LogP contribution in [0.5, 0.6) is 11.5 Å². The number of carbonyl (C=O) groups excluding carboxylic acids is 1. The number of halogens is 3. The van der Waals surface area contributed by atoms with Crippen molar-refractivity contribution in [3.63, 3.8) is 0 Å². The number of alkyl halides is 2. The number of rotatable bonds is 6. The molecular formula is C19H19BrF2N2O3. The molecule has 0 saturated carbocycles. The molecule has 3 rings (SSSR count). The Morgan fingerprint density at radius 2 is 2.15 bits per heavy atom. The summed E-state index contributed by atoms with van der Waals surface area (Å²) in [4.78, 5) is 12.3. The van der Waals surface area contributed by atoms with Crippen molar-refractivity contribution in [3.05, 3.63) is 58.1 Å². The summed E-state index contributed by atoms with van der Waals surface area (Å²) in [6.07, 6.45) is -1.85. The van der Waals surface area contributed by atoms with Crippen LogP contribution >= 0.6 is 15.9 Å². The average molecular weight is 441 g/mol. The summed E-state index contributed by atoms with van der Waals surface area (Å²) in [6, 6.07) is 12.0. The van der Waals surface area contributed by atoms with Gasteiger partial charge in [0.15, 0.2) is 0 Å². The predicted octanol–water partition coefficient (Wildman–Crippen LogP) is 4.42. The van der Waals surface area contributed by atoms with E-state index in [1.807, 2.05) is 18.2 Å². The molecule has 27 heavy (non-hydrogen) atoms. The number of amides is 2. The zero-order valence-electron chi connectivity index (χ0n) is 14.4.